The van der Waals surface area contributed by atoms with Crippen molar-refractivity contribution >= 4 is 52.0 Å². The Balaban J connectivity index is 1.51. The molecule has 1 aromatic heterocycles. The number of benzene rings is 1. The molecule has 4 rings (SSSR count). The van der Waals surface area contributed by atoms with Gasteiger partial charge in [-0.25, -0.2) is 4.39 Å². The molecule has 8 nitrogen and oxygen atoms in total. The van der Waals surface area contributed by atoms with Gasteiger partial charge in [0.25, 0.3) is 11.8 Å². The van der Waals surface area contributed by atoms with Crippen LogP contribution in [-0.2, 0) is 14.3 Å². The number of thiophene rings is 1. The van der Waals surface area contributed by atoms with E-state index < -0.39 is 17.8 Å². The minimum atomic E-state index is -0.697. The summed E-state index contributed by atoms with van der Waals surface area (Å²) in [6.07, 6.45) is 3.40. The summed E-state index contributed by atoms with van der Waals surface area (Å²) in [7, 11) is 0. The zero-order valence-electron chi connectivity index (χ0n) is 21.7. The van der Waals surface area contributed by atoms with Gasteiger partial charge in [-0.1, -0.05) is 31.9 Å². The monoisotopic (exact) mass is 564 g/mol. The Bertz CT molecular complexity index is 1160. The van der Waals surface area contributed by atoms with Crippen LogP contribution in [0.2, 0.25) is 4.34 Å². The van der Waals surface area contributed by atoms with Crippen molar-refractivity contribution in [2.24, 2.45) is 11.8 Å². The van der Waals surface area contributed by atoms with E-state index in [1.807, 2.05) is 0 Å². The number of carbonyl (C=O) groups is 3. The Labute approximate surface area is 231 Å². The first-order valence-corrected chi connectivity index (χ1v) is 14.2. The Morgan fingerprint density at radius 3 is 2.66 bits per heavy atom. The summed E-state index contributed by atoms with van der Waals surface area (Å²) in [4.78, 5) is 42.5. The molecule has 0 bridgehead atoms. The quantitative estimate of drug-likeness (QED) is 0.422. The Morgan fingerprint density at radius 1 is 1.26 bits per heavy atom. The van der Waals surface area contributed by atoms with Crippen molar-refractivity contribution in [1.29, 1.82) is 0 Å². The number of nitrogens with one attached hydrogen (secondary N) is 2. The Hall–Kier alpha value is -2.53. The molecule has 1 aliphatic carbocycles. The molecule has 2 aliphatic rings. The van der Waals surface area contributed by atoms with Crippen LogP contribution in [0.4, 0.5) is 15.8 Å². The van der Waals surface area contributed by atoms with Gasteiger partial charge in [0, 0.05) is 31.9 Å². The number of rotatable bonds is 11. The van der Waals surface area contributed by atoms with Gasteiger partial charge in [-0.2, -0.15) is 0 Å². The molecule has 2 heterocycles. The molecule has 38 heavy (non-hydrogen) atoms. The molecule has 2 fully saturated rings. The highest BCUT2D eigenvalue weighted by molar-refractivity contribution is 7.18. The molecule has 2 N–H and O–H groups in total. The van der Waals surface area contributed by atoms with E-state index in [0.29, 0.717) is 46.4 Å². The summed E-state index contributed by atoms with van der Waals surface area (Å²) in [5.74, 6) is -0.796. The van der Waals surface area contributed by atoms with Crippen LogP contribution < -0.4 is 15.5 Å². The molecule has 0 unspecified atom stereocenters. The maximum atomic E-state index is 15.1. The molecule has 1 saturated carbocycles. The number of morpholine rings is 1. The van der Waals surface area contributed by atoms with Crippen molar-refractivity contribution in [1.82, 2.24) is 10.2 Å². The molecule has 1 saturated heterocycles. The van der Waals surface area contributed by atoms with Gasteiger partial charge >= 0.3 is 0 Å². The Kier molecular flexibility index (Phi) is 9.75. The fourth-order valence-corrected chi connectivity index (χ4v) is 5.65. The molecule has 3 amide bonds. The minimum absolute atomic E-state index is 0.0222. The van der Waals surface area contributed by atoms with Crippen molar-refractivity contribution in [2.45, 2.75) is 39.2 Å². The van der Waals surface area contributed by atoms with Crippen LogP contribution in [0.25, 0.3) is 0 Å². The number of amides is 3. The molecule has 1 aromatic carbocycles. The van der Waals surface area contributed by atoms with Gasteiger partial charge in [-0.15, -0.1) is 11.3 Å². The van der Waals surface area contributed by atoms with Crippen LogP contribution in [0.1, 0.15) is 42.8 Å². The van der Waals surface area contributed by atoms with Crippen LogP contribution in [-0.4, -0.2) is 68.1 Å². The number of ether oxygens (including phenoxy) is 1. The molecule has 206 valence electrons. The first-order valence-electron chi connectivity index (χ1n) is 13.0. The number of halogens is 2. The number of nitrogens with zero attached hydrogens (tertiary/aromatic N) is 2. The zero-order valence-corrected chi connectivity index (χ0v) is 23.2. The van der Waals surface area contributed by atoms with Gasteiger partial charge in [0.2, 0.25) is 5.91 Å². The van der Waals surface area contributed by atoms with Crippen LogP contribution in [0, 0.1) is 17.7 Å². The van der Waals surface area contributed by atoms with E-state index >= 15 is 4.39 Å². The van der Waals surface area contributed by atoms with Gasteiger partial charge < -0.3 is 20.3 Å². The van der Waals surface area contributed by atoms with E-state index in [0.717, 1.165) is 19.4 Å². The maximum Gasteiger partial charge on any atom is 0.261 e. The number of hydrogen-bond acceptors (Lipinski definition) is 6. The standard InChI is InChI=1S/C27H34ClFN4O4S/c1-17(2)14-32(15-18-4-3-5-18)22(13-30-27(36)23-8-9-24(28)38-23)26(35)31-21-7-6-19(12-20(21)29)33-10-11-37-16-25(33)34/h6-9,12,17-18,22H,3-5,10-11,13-16H2,1-2H3,(H,30,36)(H,31,35)/t22-/m0/s1. The molecule has 11 heteroatoms. The fourth-order valence-electron chi connectivity index (χ4n) is 4.69. The molecular formula is C27H34ClFN4O4S. The fraction of sp³-hybridized carbons (Fsp3) is 0.519. The molecule has 1 aliphatic heterocycles. The average molecular weight is 565 g/mol. The van der Waals surface area contributed by atoms with Gasteiger partial charge in [-0.05, 0) is 55.0 Å². The second kappa shape index (κ2) is 13.0. The molecule has 0 spiro atoms. The SMILES string of the molecule is CC(C)CN(CC1CCC1)[C@@H](CNC(=O)c1ccc(Cl)s1)C(=O)Nc1ccc(N2CCOCC2=O)cc1F. The van der Waals surface area contributed by atoms with Crippen molar-refractivity contribution in [2.75, 3.05) is 49.6 Å². The van der Waals surface area contributed by atoms with E-state index in [1.165, 1.54) is 34.8 Å². The predicted molar refractivity (Wildman–Crippen MR) is 147 cm³/mol. The summed E-state index contributed by atoms with van der Waals surface area (Å²) >= 11 is 7.15. The lowest BCUT2D eigenvalue weighted by Crippen LogP contribution is -2.53. The number of anilines is 2. The van der Waals surface area contributed by atoms with E-state index in [1.54, 1.807) is 18.2 Å². The van der Waals surface area contributed by atoms with Crippen LogP contribution in [0.3, 0.4) is 0 Å². The van der Waals surface area contributed by atoms with Crippen molar-refractivity contribution in [3.63, 3.8) is 0 Å². The normalized spacial score (nSPS) is 17.0. The van der Waals surface area contributed by atoms with Crippen LogP contribution in [0.15, 0.2) is 30.3 Å². The predicted octanol–water partition coefficient (Wildman–Crippen LogP) is 4.40. The summed E-state index contributed by atoms with van der Waals surface area (Å²) in [5.41, 5.74) is 0.438. The third-order valence-corrected chi connectivity index (χ3v) is 8.05. The summed E-state index contributed by atoms with van der Waals surface area (Å²) < 4.78 is 20.8. The topological polar surface area (TPSA) is 91.0 Å². The molecular weight excluding hydrogens is 531 g/mol. The van der Waals surface area contributed by atoms with Gasteiger partial charge in [0.05, 0.1) is 21.5 Å². The summed E-state index contributed by atoms with van der Waals surface area (Å²) in [6, 6.07) is 6.93. The average Bonchev–Trinajstić information content (AvgIpc) is 3.29. The second-order valence-electron chi connectivity index (χ2n) is 10.2. The van der Waals surface area contributed by atoms with Crippen LogP contribution >= 0.6 is 22.9 Å². The largest absolute Gasteiger partial charge is 0.370 e. The third-order valence-electron chi connectivity index (χ3n) is 6.82. The maximum absolute atomic E-state index is 15.1. The summed E-state index contributed by atoms with van der Waals surface area (Å²) in [5, 5.41) is 5.60. The van der Waals surface area contributed by atoms with Crippen molar-refractivity contribution in [3.05, 3.63) is 45.4 Å². The van der Waals surface area contributed by atoms with E-state index in [9.17, 15) is 14.4 Å². The van der Waals surface area contributed by atoms with Crippen LogP contribution in [0.5, 0.6) is 0 Å². The van der Waals surface area contributed by atoms with Crippen molar-refractivity contribution in [3.8, 4) is 0 Å². The minimum Gasteiger partial charge on any atom is -0.370 e. The highest BCUT2D eigenvalue weighted by Gasteiger charge is 2.32. The van der Waals surface area contributed by atoms with Crippen molar-refractivity contribution < 1.29 is 23.5 Å². The molecule has 2 aromatic rings. The number of carbonyl (C=O) groups excluding carboxylic acids is 3. The lowest BCUT2D eigenvalue weighted by molar-refractivity contribution is -0.125. The van der Waals surface area contributed by atoms with Gasteiger partial charge in [0.15, 0.2) is 0 Å². The highest BCUT2D eigenvalue weighted by Crippen LogP contribution is 2.29. The zero-order chi connectivity index (χ0) is 27.2. The summed E-state index contributed by atoms with van der Waals surface area (Å²) in [6.45, 7) is 6.31. The van der Waals surface area contributed by atoms with Gasteiger partial charge in [-0.3, -0.25) is 19.3 Å². The molecule has 1 atom stereocenters. The Morgan fingerprint density at radius 2 is 2.05 bits per heavy atom. The lowest BCUT2D eigenvalue weighted by Gasteiger charge is -2.37. The number of hydrogen-bond donors (Lipinski definition) is 2. The second-order valence-corrected chi connectivity index (χ2v) is 11.9. The van der Waals surface area contributed by atoms with Gasteiger partial charge in [0.1, 0.15) is 18.5 Å². The first-order chi connectivity index (χ1) is 18.2. The third kappa shape index (κ3) is 7.31. The highest BCUT2D eigenvalue weighted by atomic mass is 35.5. The smallest absolute Gasteiger partial charge is 0.261 e. The first kappa shape index (κ1) is 28.5. The lowest BCUT2D eigenvalue weighted by atomic mass is 9.84. The van der Waals surface area contributed by atoms with E-state index in [-0.39, 0.29) is 30.7 Å². The van der Waals surface area contributed by atoms with E-state index in [2.05, 4.69) is 29.4 Å². The molecule has 0 radical (unpaired) electrons. The van der Waals surface area contributed by atoms with E-state index in [4.69, 9.17) is 16.3 Å².